The maximum Gasteiger partial charge on any atom is 0.249 e. The van der Waals surface area contributed by atoms with Crippen molar-refractivity contribution in [1.82, 2.24) is 10.5 Å². The molecule has 0 radical (unpaired) electrons. The van der Waals surface area contributed by atoms with Crippen LogP contribution in [0.4, 0.5) is 0 Å². The Bertz CT molecular complexity index is 465. The lowest BCUT2D eigenvalue weighted by Gasteiger charge is -1.98. The Morgan fingerprint density at radius 1 is 1.56 bits per heavy atom. The number of carbonyl (C=O) groups excluding carboxylic acids is 1. The van der Waals surface area contributed by atoms with Gasteiger partial charge in [0, 0.05) is 16.3 Å². The van der Waals surface area contributed by atoms with Crippen LogP contribution in [-0.4, -0.2) is 18.0 Å². The van der Waals surface area contributed by atoms with E-state index in [-0.39, 0.29) is 12.3 Å². The van der Waals surface area contributed by atoms with Crippen molar-refractivity contribution < 1.29 is 9.63 Å². The van der Waals surface area contributed by atoms with Crippen LogP contribution in [0.25, 0.3) is 10.6 Å². The van der Waals surface area contributed by atoms with Gasteiger partial charge in [-0.1, -0.05) is 0 Å². The average Bonchev–Trinajstić information content (AvgIpc) is 2.86. The molecule has 0 spiro atoms. The topological polar surface area (TPSA) is 51.2 Å². The monoisotopic (exact) mass is 254 g/mol. The van der Waals surface area contributed by atoms with Crippen LogP contribution in [0, 0.1) is 0 Å². The molecule has 1 N–H and O–H groups in total. The van der Waals surface area contributed by atoms with Crippen molar-refractivity contribution in [2.24, 2.45) is 0 Å². The van der Waals surface area contributed by atoms with Gasteiger partial charge in [0.25, 0.3) is 0 Å². The highest BCUT2D eigenvalue weighted by atomic mass is 32.1. The van der Waals surface area contributed by atoms with Gasteiger partial charge in [0.2, 0.25) is 5.91 Å². The lowest BCUT2D eigenvalue weighted by atomic mass is 10.3. The molecule has 0 atom stereocenters. The van der Waals surface area contributed by atoms with Crippen LogP contribution in [0.3, 0.4) is 0 Å². The number of aromatic nitrogens is 1. The molecule has 0 bridgehead atoms. The standard InChI is InChI=1S/C10H10N2O2S2/c1-14-12-9(13)4-8-6-16-10(11-8)7-2-3-15-5-7/h2-3,5-6H,4H2,1H3,(H,12,13). The van der Waals surface area contributed by atoms with E-state index in [9.17, 15) is 4.79 Å². The second-order valence-corrected chi connectivity index (χ2v) is 4.70. The van der Waals surface area contributed by atoms with Crippen LogP contribution in [-0.2, 0) is 16.1 Å². The summed E-state index contributed by atoms with van der Waals surface area (Å²) < 4.78 is 0. The molecule has 16 heavy (non-hydrogen) atoms. The number of thiazole rings is 1. The normalized spacial score (nSPS) is 10.3. The molecule has 0 aromatic carbocycles. The van der Waals surface area contributed by atoms with Gasteiger partial charge >= 0.3 is 0 Å². The first-order valence-corrected chi connectivity index (χ1v) is 6.40. The van der Waals surface area contributed by atoms with Crippen LogP contribution in [0.1, 0.15) is 5.69 Å². The fourth-order valence-electron chi connectivity index (χ4n) is 1.22. The third-order valence-corrected chi connectivity index (χ3v) is 3.50. The number of amides is 1. The van der Waals surface area contributed by atoms with Crippen LogP contribution in [0.2, 0.25) is 0 Å². The molecule has 0 unspecified atom stereocenters. The van der Waals surface area contributed by atoms with Crippen molar-refractivity contribution >= 4 is 28.6 Å². The number of carbonyl (C=O) groups is 1. The Hall–Kier alpha value is -1.24. The first-order valence-electron chi connectivity index (χ1n) is 4.58. The maximum absolute atomic E-state index is 11.2. The summed E-state index contributed by atoms with van der Waals surface area (Å²) >= 11 is 3.18. The number of hydrogen-bond acceptors (Lipinski definition) is 5. The van der Waals surface area contributed by atoms with E-state index in [1.165, 1.54) is 7.11 Å². The van der Waals surface area contributed by atoms with Crippen molar-refractivity contribution in [2.45, 2.75) is 6.42 Å². The van der Waals surface area contributed by atoms with E-state index in [1.54, 1.807) is 22.7 Å². The molecule has 0 aliphatic heterocycles. The van der Waals surface area contributed by atoms with Gasteiger partial charge in [-0.05, 0) is 11.4 Å². The van der Waals surface area contributed by atoms with Crippen molar-refractivity contribution in [3.63, 3.8) is 0 Å². The highest BCUT2D eigenvalue weighted by Crippen LogP contribution is 2.25. The Kier molecular flexibility index (Phi) is 3.66. The number of hydrogen-bond donors (Lipinski definition) is 1. The molecular formula is C10H10N2O2S2. The highest BCUT2D eigenvalue weighted by Gasteiger charge is 2.08. The maximum atomic E-state index is 11.2. The van der Waals surface area contributed by atoms with E-state index >= 15 is 0 Å². The molecule has 0 saturated heterocycles. The van der Waals surface area contributed by atoms with E-state index < -0.39 is 0 Å². The summed E-state index contributed by atoms with van der Waals surface area (Å²) in [6.07, 6.45) is 0.245. The number of nitrogens with zero attached hydrogens (tertiary/aromatic N) is 1. The van der Waals surface area contributed by atoms with E-state index in [4.69, 9.17) is 0 Å². The Balaban J connectivity index is 2.06. The molecule has 0 fully saturated rings. The Morgan fingerprint density at radius 2 is 2.44 bits per heavy atom. The van der Waals surface area contributed by atoms with E-state index in [0.29, 0.717) is 0 Å². The second-order valence-electron chi connectivity index (χ2n) is 3.06. The third-order valence-electron chi connectivity index (χ3n) is 1.88. The lowest BCUT2D eigenvalue weighted by Crippen LogP contribution is -2.23. The summed E-state index contributed by atoms with van der Waals surface area (Å²) in [7, 11) is 1.41. The quantitative estimate of drug-likeness (QED) is 0.850. The van der Waals surface area contributed by atoms with Gasteiger partial charge in [-0.3, -0.25) is 9.63 Å². The zero-order valence-corrected chi connectivity index (χ0v) is 10.2. The number of nitrogens with one attached hydrogen (secondary N) is 1. The molecule has 2 aromatic heterocycles. The van der Waals surface area contributed by atoms with Crippen LogP contribution < -0.4 is 5.48 Å². The minimum atomic E-state index is -0.190. The summed E-state index contributed by atoms with van der Waals surface area (Å²) in [5, 5.41) is 6.88. The van der Waals surface area contributed by atoms with Gasteiger partial charge in [-0.25, -0.2) is 10.5 Å². The Morgan fingerprint density at radius 3 is 3.12 bits per heavy atom. The average molecular weight is 254 g/mol. The molecule has 0 saturated carbocycles. The molecule has 0 aliphatic rings. The van der Waals surface area contributed by atoms with Gasteiger partial charge in [-0.15, -0.1) is 11.3 Å². The molecule has 6 heteroatoms. The van der Waals surface area contributed by atoms with Crippen molar-refractivity contribution in [3.8, 4) is 10.6 Å². The van der Waals surface area contributed by atoms with Crippen molar-refractivity contribution in [3.05, 3.63) is 27.9 Å². The van der Waals surface area contributed by atoms with Gasteiger partial charge < -0.3 is 0 Å². The molecule has 0 aliphatic carbocycles. The van der Waals surface area contributed by atoms with Gasteiger partial charge in [0.1, 0.15) is 5.01 Å². The van der Waals surface area contributed by atoms with E-state index in [1.807, 2.05) is 22.2 Å². The molecule has 4 nitrogen and oxygen atoms in total. The summed E-state index contributed by atoms with van der Waals surface area (Å²) in [4.78, 5) is 20.2. The van der Waals surface area contributed by atoms with Crippen LogP contribution in [0.15, 0.2) is 22.2 Å². The second kappa shape index (κ2) is 5.20. The summed E-state index contributed by atoms with van der Waals surface area (Å²) in [6.45, 7) is 0. The molecule has 1 amide bonds. The first-order chi connectivity index (χ1) is 7.79. The molecule has 2 heterocycles. The van der Waals surface area contributed by atoms with E-state index in [2.05, 4.69) is 15.3 Å². The van der Waals surface area contributed by atoms with Gasteiger partial charge in [0.05, 0.1) is 19.2 Å². The van der Waals surface area contributed by atoms with Crippen LogP contribution in [0.5, 0.6) is 0 Å². The van der Waals surface area contributed by atoms with Gasteiger partial charge in [-0.2, -0.15) is 11.3 Å². The number of thiophene rings is 1. The lowest BCUT2D eigenvalue weighted by molar-refractivity contribution is -0.130. The first kappa shape index (κ1) is 11.3. The Labute approximate surface area is 101 Å². The van der Waals surface area contributed by atoms with E-state index in [0.717, 1.165) is 16.3 Å². The smallest absolute Gasteiger partial charge is 0.249 e. The summed E-state index contributed by atoms with van der Waals surface area (Å²) in [5.74, 6) is -0.190. The molecule has 84 valence electrons. The number of rotatable bonds is 4. The summed E-state index contributed by atoms with van der Waals surface area (Å²) in [5.41, 5.74) is 4.14. The fraction of sp³-hybridized carbons (Fsp3) is 0.200. The van der Waals surface area contributed by atoms with Crippen molar-refractivity contribution in [1.29, 1.82) is 0 Å². The predicted molar refractivity (Wildman–Crippen MR) is 64.3 cm³/mol. The molecule has 2 rings (SSSR count). The predicted octanol–water partition coefficient (Wildman–Crippen LogP) is 2.09. The minimum Gasteiger partial charge on any atom is -0.277 e. The molecular weight excluding hydrogens is 244 g/mol. The third kappa shape index (κ3) is 2.66. The summed E-state index contributed by atoms with van der Waals surface area (Å²) in [6, 6.07) is 2.02. The highest BCUT2D eigenvalue weighted by molar-refractivity contribution is 7.14. The zero-order chi connectivity index (χ0) is 11.4. The van der Waals surface area contributed by atoms with Crippen molar-refractivity contribution in [2.75, 3.05) is 7.11 Å². The largest absolute Gasteiger partial charge is 0.277 e. The van der Waals surface area contributed by atoms with Crippen LogP contribution >= 0.6 is 22.7 Å². The zero-order valence-electron chi connectivity index (χ0n) is 8.60. The SMILES string of the molecule is CONC(=O)Cc1csc(-c2ccsc2)n1. The minimum absolute atomic E-state index is 0.190. The van der Waals surface area contributed by atoms with Gasteiger partial charge in [0.15, 0.2) is 0 Å². The molecule has 2 aromatic rings. The fourth-order valence-corrected chi connectivity index (χ4v) is 2.75. The number of hydroxylamine groups is 1.